The second-order valence-corrected chi connectivity index (χ2v) is 9.02. The first-order valence-electron chi connectivity index (χ1n) is 9.90. The minimum Gasteiger partial charge on any atom is -0.435 e. The van der Waals surface area contributed by atoms with Gasteiger partial charge in [-0.2, -0.15) is 8.78 Å². The Morgan fingerprint density at radius 2 is 1.91 bits per heavy atom. The molecular formula is C23H19F2N3O3S2. The maximum absolute atomic E-state index is 12.8. The number of fused-ring (bicyclic) bond motifs is 1. The number of benzene rings is 2. The molecule has 170 valence electrons. The predicted octanol–water partition coefficient (Wildman–Crippen LogP) is 4.67. The first-order chi connectivity index (χ1) is 15.9. The number of thiophene rings is 1. The average molecular weight is 488 g/mol. The summed E-state index contributed by atoms with van der Waals surface area (Å²) in [6.45, 7) is -2.64. The molecule has 33 heavy (non-hydrogen) atoms. The van der Waals surface area contributed by atoms with Gasteiger partial charge in [0.2, 0.25) is 5.91 Å². The third-order valence-electron chi connectivity index (χ3n) is 4.76. The molecule has 0 radical (unpaired) electrons. The lowest BCUT2D eigenvalue weighted by Gasteiger charge is -2.09. The van der Waals surface area contributed by atoms with E-state index in [0.29, 0.717) is 15.4 Å². The summed E-state index contributed by atoms with van der Waals surface area (Å²) in [5.41, 5.74) is 1.60. The molecule has 1 amide bonds. The van der Waals surface area contributed by atoms with Gasteiger partial charge in [0.1, 0.15) is 10.6 Å². The summed E-state index contributed by atoms with van der Waals surface area (Å²) >= 11 is 2.62. The van der Waals surface area contributed by atoms with Crippen molar-refractivity contribution < 1.29 is 18.3 Å². The van der Waals surface area contributed by atoms with Crippen LogP contribution in [0.25, 0.3) is 20.7 Å². The second kappa shape index (κ2) is 10.1. The summed E-state index contributed by atoms with van der Waals surface area (Å²) in [6.07, 6.45) is 0. The number of amides is 1. The topological polar surface area (TPSA) is 73.2 Å². The number of aromatic nitrogens is 2. The summed E-state index contributed by atoms with van der Waals surface area (Å²) in [6, 6.07) is 17.7. The normalized spacial score (nSPS) is 11.2. The Morgan fingerprint density at radius 3 is 2.61 bits per heavy atom. The van der Waals surface area contributed by atoms with Crippen molar-refractivity contribution in [3.8, 4) is 16.2 Å². The van der Waals surface area contributed by atoms with Crippen LogP contribution in [0.5, 0.6) is 5.75 Å². The Morgan fingerprint density at radius 1 is 1.18 bits per heavy atom. The van der Waals surface area contributed by atoms with Crippen LogP contribution in [0.2, 0.25) is 0 Å². The Balaban J connectivity index is 1.40. The quantitative estimate of drug-likeness (QED) is 0.289. The molecule has 2 aromatic heterocycles. The molecule has 0 unspecified atom stereocenters. The van der Waals surface area contributed by atoms with Gasteiger partial charge in [-0.1, -0.05) is 54.2 Å². The first-order valence-corrected chi connectivity index (χ1v) is 11.7. The van der Waals surface area contributed by atoms with Gasteiger partial charge in [0.25, 0.3) is 5.56 Å². The molecule has 0 aliphatic carbocycles. The number of hydrogen-bond acceptors (Lipinski definition) is 6. The van der Waals surface area contributed by atoms with E-state index in [0.717, 1.165) is 16.0 Å². The molecule has 0 aliphatic heterocycles. The Kier molecular flexibility index (Phi) is 7.05. The molecule has 0 saturated heterocycles. The summed E-state index contributed by atoms with van der Waals surface area (Å²) < 4.78 is 30.2. The molecule has 0 aliphatic rings. The average Bonchev–Trinajstić information content (AvgIpc) is 3.24. The fourth-order valence-electron chi connectivity index (χ4n) is 3.09. The maximum Gasteiger partial charge on any atom is 0.387 e. The number of halogens is 2. The van der Waals surface area contributed by atoms with Crippen molar-refractivity contribution >= 4 is 39.2 Å². The van der Waals surface area contributed by atoms with E-state index in [-0.39, 0.29) is 29.5 Å². The number of alkyl halides is 2. The highest BCUT2D eigenvalue weighted by atomic mass is 32.2. The lowest BCUT2D eigenvalue weighted by molar-refractivity contribution is -0.118. The Bertz CT molecular complexity index is 1320. The molecule has 0 bridgehead atoms. The van der Waals surface area contributed by atoms with Gasteiger partial charge in [-0.15, -0.1) is 11.3 Å². The van der Waals surface area contributed by atoms with Gasteiger partial charge in [0.05, 0.1) is 11.1 Å². The van der Waals surface area contributed by atoms with E-state index in [1.165, 1.54) is 39.8 Å². The van der Waals surface area contributed by atoms with Crippen molar-refractivity contribution in [1.29, 1.82) is 0 Å². The predicted molar refractivity (Wildman–Crippen MR) is 126 cm³/mol. The van der Waals surface area contributed by atoms with E-state index < -0.39 is 6.61 Å². The van der Waals surface area contributed by atoms with Crippen molar-refractivity contribution in [2.45, 2.75) is 18.3 Å². The molecule has 1 N–H and O–H groups in total. The van der Waals surface area contributed by atoms with E-state index in [2.05, 4.69) is 15.0 Å². The number of thioether (sulfide) groups is 1. The zero-order valence-electron chi connectivity index (χ0n) is 17.5. The van der Waals surface area contributed by atoms with Crippen molar-refractivity contribution in [3.63, 3.8) is 0 Å². The lowest BCUT2D eigenvalue weighted by Crippen LogP contribution is -2.25. The van der Waals surface area contributed by atoms with Gasteiger partial charge < -0.3 is 10.1 Å². The van der Waals surface area contributed by atoms with Gasteiger partial charge in [0.15, 0.2) is 5.16 Å². The molecule has 0 fully saturated rings. The molecule has 0 atom stereocenters. The smallest absolute Gasteiger partial charge is 0.387 e. The number of carbonyl (C=O) groups is 1. The van der Waals surface area contributed by atoms with Crippen molar-refractivity contribution in [2.75, 3.05) is 5.75 Å². The fourth-order valence-corrected chi connectivity index (χ4v) is 4.97. The van der Waals surface area contributed by atoms with Crippen LogP contribution in [0.3, 0.4) is 0 Å². The van der Waals surface area contributed by atoms with Gasteiger partial charge >= 0.3 is 6.61 Å². The third-order valence-corrected chi connectivity index (χ3v) is 6.87. The van der Waals surface area contributed by atoms with Crippen LogP contribution < -0.4 is 15.6 Å². The molecular weight excluding hydrogens is 468 g/mol. The highest BCUT2D eigenvalue weighted by Gasteiger charge is 2.14. The SMILES string of the molecule is Cn1c(SCC(=O)NCc2ccc(OC(F)F)cc2)nc2sc(-c3ccccc3)cc2c1=O. The van der Waals surface area contributed by atoms with Gasteiger partial charge in [-0.05, 0) is 29.3 Å². The monoisotopic (exact) mass is 487 g/mol. The number of nitrogens with one attached hydrogen (secondary N) is 1. The standard InChI is InChI=1S/C23H19F2N3O3S2/c1-28-21(30)17-11-18(15-5-3-2-4-6-15)33-20(17)27-23(28)32-13-19(29)26-12-14-7-9-16(10-8-14)31-22(24)25/h2-11,22H,12-13H2,1H3,(H,26,29). The highest BCUT2D eigenvalue weighted by molar-refractivity contribution is 7.99. The minimum absolute atomic E-state index is 0.0574. The largest absolute Gasteiger partial charge is 0.435 e. The molecule has 0 spiro atoms. The Labute approximate surface area is 196 Å². The number of nitrogens with zero attached hydrogens (tertiary/aromatic N) is 2. The van der Waals surface area contributed by atoms with Crippen LogP contribution in [-0.2, 0) is 18.4 Å². The summed E-state index contributed by atoms with van der Waals surface area (Å²) in [7, 11) is 1.64. The van der Waals surface area contributed by atoms with Crippen molar-refractivity contribution in [2.24, 2.45) is 7.05 Å². The molecule has 4 aromatic rings. The number of ether oxygens (including phenoxy) is 1. The van der Waals surface area contributed by atoms with Crippen LogP contribution in [0.4, 0.5) is 8.78 Å². The summed E-state index contributed by atoms with van der Waals surface area (Å²) in [4.78, 5) is 31.3. The molecule has 10 heteroatoms. The lowest BCUT2D eigenvalue weighted by atomic mass is 10.2. The van der Waals surface area contributed by atoms with Crippen LogP contribution >= 0.6 is 23.1 Å². The number of hydrogen-bond donors (Lipinski definition) is 1. The molecule has 0 saturated carbocycles. The van der Waals surface area contributed by atoms with E-state index in [1.807, 2.05) is 36.4 Å². The zero-order chi connectivity index (χ0) is 23.4. The molecule has 2 heterocycles. The third kappa shape index (κ3) is 5.58. The molecule has 6 nitrogen and oxygen atoms in total. The minimum atomic E-state index is -2.88. The van der Waals surface area contributed by atoms with Crippen molar-refractivity contribution in [1.82, 2.24) is 14.9 Å². The number of rotatable bonds is 8. The van der Waals surface area contributed by atoms with E-state index >= 15 is 0 Å². The Hall–Kier alpha value is -3.24. The summed E-state index contributed by atoms with van der Waals surface area (Å²) in [5, 5.41) is 3.77. The zero-order valence-corrected chi connectivity index (χ0v) is 19.1. The fraction of sp³-hybridized carbons (Fsp3) is 0.174. The van der Waals surface area contributed by atoms with Crippen LogP contribution in [0, 0.1) is 0 Å². The maximum atomic E-state index is 12.8. The van der Waals surface area contributed by atoms with E-state index in [9.17, 15) is 18.4 Å². The molecule has 2 aromatic carbocycles. The number of carbonyl (C=O) groups excluding carboxylic acids is 1. The van der Waals surface area contributed by atoms with Crippen LogP contribution in [-0.4, -0.2) is 27.8 Å². The van der Waals surface area contributed by atoms with Crippen molar-refractivity contribution in [3.05, 3.63) is 76.6 Å². The van der Waals surface area contributed by atoms with Crippen LogP contribution in [0.1, 0.15) is 5.56 Å². The van der Waals surface area contributed by atoms with Gasteiger partial charge in [0, 0.05) is 18.5 Å². The molecule has 4 rings (SSSR count). The van der Waals surface area contributed by atoms with Gasteiger partial charge in [-0.3, -0.25) is 14.2 Å². The highest BCUT2D eigenvalue weighted by Crippen LogP contribution is 2.31. The van der Waals surface area contributed by atoms with Crippen LogP contribution in [0.15, 0.2) is 70.6 Å². The second-order valence-electron chi connectivity index (χ2n) is 7.04. The first kappa shape index (κ1) is 22.9. The van der Waals surface area contributed by atoms with Gasteiger partial charge in [-0.25, -0.2) is 4.98 Å². The van der Waals surface area contributed by atoms with E-state index in [4.69, 9.17) is 0 Å². The van der Waals surface area contributed by atoms with E-state index in [1.54, 1.807) is 19.2 Å². The summed E-state index contributed by atoms with van der Waals surface area (Å²) in [5.74, 6) is -0.102.